The van der Waals surface area contributed by atoms with Gasteiger partial charge in [0, 0.05) is 25.4 Å². The van der Waals surface area contributed by atoms with E-state index in [2.05, 4.69) is 10.5 Å². The fourth-order valence-corrected chi connectivity index (χ4v) is 3.65. The van der Waals surface area contributed by atoms with Crippen LogP contribution in [0.3, 0.4) is 0 Å². The molecule has 154 valence electrons. The highest BCUT2D eigenvalue weighted by Crippen LogP contribution is 2.17. The second kappa shape index (κ2) is 9.39. The SMILES string of the molecule is Cc1ccn(CC2CCCNC2)c(=O)c1C(=O)N(C)Cc1c(C)noc1C.Cl. The number of piperidine rings is 1. The summed E-state index contributed by atoms with van der Waals surface area (Å²) in [4.78, 5) is 27.6. The van der Waals surface area contributed by atoms with Gasteiger partial charge in [0.1, 0.15) is 11.3 Å². The number of nitrogens with one attached hydrogen (secondary N) is 1. The van der Waals surface area contributed by atoms with Crippen molar-refractivity contribution in [3.8, 4) is 0 Å². The van der Waals surface area contributed by atoms with E-state index in [-0.39, 0.29) is 29.4 Å². The minimum absolute atomic E-state index is 0. The predicted octanol–water partition coefficient (Wildman–Crippen LogP) is 2.46. The summed E-state index contributed by atoms with van der Waals surface area (Å²) in [7, 11) is 1.70. The molecule has 0 aromatic carbocycles. The van der Waals surface area contributed by atoms with Crippen LogP contribution in [0.5, 0.6) is 0 Å². The lowest BCUT2D eigenvalue weighted by molar-refractivity contribution is 0.0781. The van der Waals surface area contributed by atoms with Crippen LogP contribution in [0.25, 0.3) is 0 Å². The first-order chi connectivity index (χ1) is 12.9. The maximum Gasteiger partial charge on any atom is 0.263 e. The normalized spacial score (nSPS) is 16.5. The molecular formula is C20H29ClN4O3. The molecule has 1 saturated heterocycles. The van der Waals surface area contributed by atoms with E-state index >= 15 is 0 Å². The number of amides is 1. The van der Waals surface area contributed by atoms with Gasteiger partial charge in [-0.05, 0) is 64.3 Å². The second-order valence-electron chi connectivity index (χ2n) is 7.51. The van der Waals surface area contributed by atoms with Crippen molar-refractivity contribution >= 4 is 18.3 Å². The van der Waals surface area contributed by atoms with E-state index in [1.807, 2.05) is 26.8 Å². The Bertz CT molecular complexity index is 865. The van der Waals surface area contributed by atoms with E-state index in [1.54, 1.807) is 22.7 Å². The third kappa shape index (κ3) is 4.64. The first-order valence-corrected chi connectivity index (χ1v) is 9.46. The van der Waals surface area contributed by atoms with Crippen LogP contribution in [0, 0.1) is 26.7 Å². The number of carbonyl (C=O) groups is 1. The van der Waals surface area contributed by atoms with Gasteiger partial charge in [-0.15, -0.1) is 12.4 Å². The van der Waals surface area contributed by atoms with Gasteiger partial charge in [-0.2, -0.15) is 0 Å². The third-order valence-electron chi connectivity index (χ3n) is 5.36. The molecule has 1 unspecified atom stereocenters. The van der Waals surface area contributed by atoms with Crippen molar-refractivity contribution in [2.24, 2.45) is 5.92 Å². The molecule has 2 aromatic heterocycles. The van der Waals surface area contributed by atoms with E-state index in [0.717, 1.165) is 37.2 Å². The maximum atomic E-state index is 13.0. The third-order valence-corrected chi connectivity index (χ3v) is 5.36. The number of halogens is 1. The molecule has 3 rings (SSSR count). The van der Waals surface area contributed by atoms with Crippen LogP contribution in [-0.4, -0.2) is 40.7 Å². The van der Waals surface area contributed by atoms with Crippen molar-refractivity contribution in [1.82, 2.24) is 19.9 Å². The summed E-state index contributed by atoms with van der Waals surface area (Å²) in [6, 6.07) is 1.86. The molecule has 0 aliphatic carbocycles. The Kier molecular flexibility index (Phi) is 7.43. The van der Waals surface area contributed by atoms with E-state index in [0.29, 0.717) is 30.3 Å². The van der Waals surface area contributed by atoms with Gasteiger partial charge in [0.2, 0.25) is 0 Å². The van der Waals surface area contributed by atoms with Gasteiger partial charge in [0.15, 0.2) is 0 Å². The molecule has 1 aliphatic heterocycles. The van der Waals surface area contributed by atoms with Gasteiger partial charge in [-0.1, -0.05) is 5.16 Å². The Morgan fingerprint density at radius 2 is 2.14 bits per heavy atom. The maximum absolute atomic E-state index is 13.0. The Morgan fingerprint density at radius 3 is 2.75 bits per heavy atom. The summed E-state index contributed by atoms with van der Waals surface area (Å²) < 4.78 is 6.86. The van der Waals surface area contributed by atoms with Crippen LogP contribution >= 0.6 is 12.4 Å². The molecule has 2 aromatic rings. The van der Waals surface area contributed by atoms with Crippen molar-refractivity contribution in [3.63, 3.8) is 0 Å². The van der Waals surface area contributed by atoms with Crippen LogP contribution < -0.4 is 10.9 Å². The lowest BCUT2D eigenvalue weighted by Crippen LogP contribution is -2.38. The molecule has 1 N–H and O–H groups in total. The first-order valence-electron chi connectivity index (χ1n) is 9.46. The number of nitrogens with zero attached hydrogens (tertiary/aromatic N) is 3. The minimum atomic E-state index is -0.270. The molecule has 1 atom stereocenters. The molecule has 28 heavy (non-hydrogen) atoms. The van der Waals surface area contributed by atoms with Crippen molar-refractivity contribution in [1.29, 1.82) is 0 Å². The molecule has 1 amide bonds. The Hall–Kier alpha value is -2.12. The highest BCUT2D eigenvalue weighted by molar-refractivity contribution is 5.95. The Morgan fingerprint density at radius 1 is 1.39 bits per heavy atom. The van der Waals surface area contributed by atoms with Crippen LogP contribution in [-0.2, 0) is 13.1 Å². The molecule has 1 fully saturated rings. The number of aryl methyl sites for hydroxylation is 3. The largest absolute Gasteiger partial charge is 0.361 e. The van der Waals surface area contributed by atoms with E-state index in [1.165, 1.54) is 0 Å². The standard InChI is InChI=1S/C20H28N4O3.ClH/c1-13-7-9-24(11-16-6-5-8-21-10-16)20(26)18(13)19(25)23(4)12-17-14(2)22-27-15(17)3;/h7,9,16,21H,5-6,8,10-12H2,1-4H3;1H. The van der Waals surface area contributed by atoms with Crippen molar-refractivity contribution in [3.05, 3.63) is 50.8 Å². The zero-order chi connectivity index (χ0) is 19.6. The summed E-state index contributed by atoms with van der Waals surface area (Å²) in [5.41, 5.74) is 2.38. The van der Waals surface area contributed by atoms with Gasteiger partial charge in [-0.3, -0.25) is 9.59 Å². The van der Waals surface area contributed by atoms with Gasteiger partial charge in [-0.25, -0.2) is 0 Å². The zero-order valence-corrected chi connectivity index (χ0v) is 17.8. The fourth-order valence-electron chi connectivity index (χ4n) is 3.65. The molecule has 7 nitrogen and oxygen atoms in total. The van der Waals surface area contributed by atoms with Crippen molar-refractivity contribution < 1.29 is 9.32 Å². The smallest absolute Gasteiger partial charge is 0.263 e. The Labute approximate surface area is 171 Å². The summed E-state index contributed by atoms with van der Waals surface area (Å²) in [6.45, 7) is 8.44. The number of hydrogen-bond donors (Lipinski definition) is 1. The minimum Gasteiger partial charge on any atom is -0.361 e. The van der Waals surface area contributed by atoms with Crippen LogP contribution in [0.4, 0.5) is 0 Å². The fraction of sp³-hybridized carbons (Fsp3) is 0.550. The van der Waals surface area contributed by atoms with Crippen LogP contribution in [0.1, 0.15) is 45.8 Å². The van der Waals surface area contributed by atoms with Crippen LogP contribution in [0.2, 0.25) is 0 Å². The predicted molar refractivity (Wildman–Crippen MR) is 110 cm³/mol. The summed E-state index contributed by atoms with van der Waals surface area (Å²) in [5.74, 6) is 0.843. The Balaban J connectivity index is 0.00000280. The second-order valence-corrected chi connectivity index (χ2v) is 7.51. The number of pyridine rings is 1. The quantitative estimate of drug-likeness (QED) is 0.821. The average molecular weight is 409 g/mol. The number of rotatable bonds is 5. The van der Waals surface area contributed by atoms with E-state index in [9.17, 15) is 9.59 Å². The van der Waals surface area contributed by atoms with Crippen molar-refractivity contribution in [2.75, 3.05) is 20.1 Å². The summed E-state index contributed by atoms with van der Waals surface area (Å²) >= 11 is 0. The van der Waals surface area contributed by atoms with Gasteiger partial charge < -0.3 is 19.3 Å². The molecule has 0 bridgehead atoms. The highest BCUT2D eigenvalue weighted by Gasteiger charge is 2.23. The van der Waals surface area contributed by atoms with E-state index in [4.69, 9.17) is 4.52 Å². The lowest BCUT2D eigenvalue weighted by Gasteiger charge is -2.24. The summed E-state index contributed by atoms with van der Waals surface area (Å²) in [5, 5.41) is 7.30. The van der Waals surface area contributed by atoms with Gasteiger partial charge in [0.25, 0.3) is 11.5 Å². The lowest BCUT2D eigenvalue weighted by atomic mass is 9.99. The highest BCUT2D eigenvalue weighted by atomic mass is 35.5. The molecule has 0 spiro atoms. The van der Waals surface area contributed by atoms with E-state index < -0.39 is 0 Å². The topological polar surface area (TPSA) is 80.4 Å². The molecular weight excluding hydrogens is 380 g/mol. The number of carbonyl (C=O) groups excluding carboxylic acids is 1. The van der Waals surface area contributed by atoms with Gasteiger partial charge in [0.05, 0.1) is 12.2 Å². The molecule has 0 radical (unpaired) electrons. The monoisotopic (exact) mass is 408 g/mol. The van der Waals surface area contributed by atoms with Crippen LogP contribution in [0.15, 0.2) is 21.6 Å². The molecule has 8 heteroatoms. The van der Waals surface area contributed by atoms with Gasteiger partial charge >= 0.3 is 0 Å². The zero-order valence-electron chi connectivity index (χ0n) is 16.9. The number of aromatic nitrogens is 2. The molecule has 0 saturated carbocycles. The molecule has 1 aliphatic rings. The molecule has 3 heterocycles. The number of hydrogen-bond acceptors (Lipinski definition) is 5. The average Bonchev–Trinajstić information content (AvgIpc) is 2.97. The van der Waals surface area contributed by atoms with Crippen molar-refractivity contribution in [2.45, 2.75) is 46.7 Å². The summed E-state index contributed by atoms with van der Waals surface area (Å²) in [6.07, 6.45) is 4.02. The first kappa shape index (κ1) is 22.2.